The minimum Gasteiger partial charge on any atom is -0.482 e. The lowest BCUT2D eigenvalue weighted by Crippen LogP contribution is -2.26. The third kappa shape index (κ3) is 5.60. The molecular formula is C17H21NO4. The minimum absolute atomic E-state index is 0.0953. The highest BCUT2D eigenvalue weighted by Gasteiger charge is 2.13. The zero-order valence-electron chi connectivity index (χ0n) is 12.5. The first-order valence-corrected chi connectivity index (χ1v) is 7.50. The molecule has 0 saturated carbocycles. The number of carbonyl (C=O) groups excluding carboxylic acids is 1. The number of carbonyl (C=O) groups is 2. The van der Waals surface area contributed by atoms with Gasteiger partial charge in [0, 0.05) is 13.0 Å². The van der Waals surface area contributed by atoms with E-state index in [-0.39, 0.29) is 12.5 Å². The number of rotatable bonds is 8. The van der Waals surface area contributed by atoms with Crippen molar-refractivity contribution in [2.24, 2.45) is 5.92 Å². The van der Waals surface area contributed by atoms with Crippen LogP contribution in [0.1, 0.15) is 24.8 Å². The van der Waals surface area contributed by atoms with Gasteiger partial charge in [-0.05, 0) is 42.9 Å². The van der Waals surface area contributed by atoms with Crippen LogP contribution in [0.25, 0.3) is 0 Å². The molecule has 0 saturated heterocycles. The molecule has 0 aromatic heterocycles. The molecule has 1 aromatic rings. The van der Waals surface area contributed by atoms with E-state index in [1.165, 1.54) is 0 Å². The van der Waals surface area contributed by atoms with E-state index in [1.807, 2.05) is 12.1 Å². The van der Waals surface area contributed by atoms with E-state index in [0.29, 0.717) is 24.6 Å². The SMILES string of the molecule is O=C(O)COc1ccc(CCNC(=O)CC2C=CCC2)cc1. The topological polar surface area (TPSA) is 75.6 Å². The molecule has 1 aliphatic carbocycles. The lowest BCUT2D eigenvalue weighted by atomic mass is 10.1. The Morgan fingerprint density at radius 3 is 2.68 bits per heavy atom. The summed E-state index contributed by atoms with van der Waals surface area (Å²) in [6.45, 7) is 0.260. The molecule has 118 valence electrons. The third-order valence-corrected chi connectivity index (χ3v) is 3.58. The van der Waals surface area contributed by atoms with Crippen molar-refractivity contribution in [1.82, 2.24) is 5.32 Å². The number of amides is 1. The molecule has 5 nitrogen and oxygen atoms in total. The van der Waals surface area contributed by atoms with Crippen LogP contribution < -0.4 is 10.1 Å². The Labute approximate surface area is 130 Å². The van der Waals surface area contributed by atoms with E-state index in [9.17, 15) is 9.59 Å². The summed E-state index contributed by atoms with van der Waals surface area (Å²) in [5.41, 5.74) is 1.07. The van der Waals surface area contributed by atoms with Crippen LogP contribution in [0.4, 0.5) is 0 Å². The highest BCUT2D eigenvalue weighted by molar-refractivity contribution is 5.76. The summed E-state index contributed by atoms with van der Waals surface area (Å²) in [6, 6.07) is 7.24. The van der Waals surface area contributed by atoms with E-state index in [2.05, 4.69) is 17.5 Å². The number of allylic oxidation sites excluding steroid dienone is 2. The van der Waals surface area contributed by atoms with Gasteiger partial charge in [0.25, 0.3) is 0 Å². The lowest BCUT2D eigenvalue weighted by molar-refractivity contribution is -0.139. The molecule has 0 aliphatic heterocycles. The maximum absolute atomic E-state index is 11.8. The predicted molar refractivity (Wildman–Crippen MR) is 82.8 cm³/mol. The fraction of sp³-hybridized carbons (Fsp3) is 0.412. The van der Waals surface area contributed by atoms with Crippen molar-refractivity contribution in [1.29, 1.82) is 0 Å². The maximum atomic E-state index is 11.8. The Bertz CT molecular complexity index is 536. The highest BCUT2D eigenvalue weighted by Crippen LogP contribution is 2.20. The van der Waals surface area contributed by atoms with E-state index < -0.39 is 5.97 Å². The summed E-state index contributed by atoms with van der Waals surface area (Å²) >= 11 is 0. The number of hydrogen-bond acceptors (Lipinski definition) is 3. The third-order valence-electron chi connectivity index (χ3n) is 3.58. The van der Waals surface area contributed by atoms with Gasteiger partial charge in [0.05, 0.1) is 0 Å². The Kier molecular flexibility index (Phi) is 6.01. The Balaban J connectivity index is 1.66. The van der Waals surface area contributed by atoms with Crippen LogP contribution in [0.2, 0.25) is 0 Å². The molecule has 1 atom stereocenters. The van der Waals surface area contributed by atoms with Crippen molar-refractivity contribution < 1.29 is 19.4 Å². The molecule has 0 heterocycles. The first-order chi connectivity index (χ1) is 10.6. The summed E-state index contributed by atoms with van der Waals surface area (Å²) in [6.07, 6.45) is 7.71. The average molecular weight is 303 g/mol. The Morgan fingerprint density at radius 1 is 1.27 bits per heavy atom. The van der Waals surface area contributed by atoms with Gasteiger partial charge in [-0.15, -0.1) is 0 Å². The van der Waals surface area contributed by atoms with Crippen LogP contribution in [0, 0.1) is 5.92 Å². The predicted octanol–water partition coefficient (Wildman–Crippen LogP) is 2.17. The van der Waals surface area contributed by atoms with Crippen LogP contribution in [0.3, 0.4) is 0 Å². The number of carboxylic acid groups (broad SMARTS) is 1. The second-order valence-electron chi connectivity index (χ2n) is 5.40. The lowest BCUT2D eigenvalue weighted by Gasteiger charge is -2.09. The molecule has 5 heteroatoms. The van der Waals surface area contributed by atoms with Crippen molar-refractivity contribution in [2.45, 2.75) is 25.7 Å². The van der Waals surface area contributed by atoms with Gasteiger partial charge in [-0.2, -0.15) is 0 Å². The van der Waals surface area contributed by atoms with Crippen LogP contribution in [-0.2, 0) is 16.0 Å². The zero-order chi connectivity index (χ0) is 15.8. The zero-order valence-corrected chi connectivity index (χ0v) is 12.5. The number of nitrogens with one attached hydrogen (secondary N) is 1. The number of aliphatic carboxylic acids is 1. The average Bonchev–Trinajstić information content (AvgIpc) is 2.99. The number of hydrogen-bond donors (Lipinski definition) is 2. The number of ether oxygens (including phenoxy) is 1. The molecule has 2 rings (SSSR count). The molecule has 2 N–H and O–H groups in total. The normalized spacial score (nSPS) is 16.5. The molecule has 0 spiro atoms. The standard InChI is InChI=1S/C17H21NO4/c19-16(11-14-3-1-2-4-14)18-10-9-13-5-7-15(8-6-13)22-12-17(20)21/h1,3,5-8,14H,2,4,9-12H2,(H,18,19)(H,20,21). The van der Waals surface area contributed by atoms with Gasteiger partial charge in [0.2, 0.25) is 5.91 Å². The number of benzene rings is 1. The van der Waals surface area contributed by atoms with Crippen LogP contribution in [-0.4, -0.2) is 30.1 Å². The fourth-order valence-electron chi connectivity index (χ4n) is 2.42. The first kappa shape index (κ1) is 16.1. The first-order valence-electron chi connectivity index (χ1n) is 7.50. The summed E-state index contributed by atoms with van der Waals surface area (Å²) in [5, 5.41) is 11.5. The molecule has 1 unspecified atom stereocenters. The molecule has 1 aromatic carbocycles. The fourth-order valence-corrected chi connectivity index (χ4v) is 2.42. The van der Waals surface area contributed by atoms with Crippen molar-refractivity contribution in [3.05, 3.63) is 42.0 Å². The molecule has 22 heavy (non-hydrogen) atoms. The molecule has 1 aliphatic rings. The highest BCUT2D eigenvalue weighted by atomic mass is 16.5. The van der Waals surface area contributed by atoms with Crippen LogP contribution in [0.5, 0.6) is 5.75 Å². The van der Waals surface area contributed by atoms with Crippen molar-refractivity contribution >= 4 is 11.9 Å². The quantitative estimate of drug-likeness (QED) is 0.722. The van der Waals surface area contributed by atoms with E-state index >= 15 is 0 Å². The summed E-state index contributed by atoms with van der Waals surface area (Å²) in [5.74, 6) is 0.0238. The van der Waals surface area contributed by atoms with Gasteiger partial charge in [-0.25, -0.2) is 4.79 Å². The largest absolute Gasteiger partial charge is 0.482 e. The second kappa shape index (κ2) is 8.22. The minimum atomic E-state index is -0.996. The Morgan fingerprint density at radius 2 is 2.05 bits per heavy atom. The van der Waals surface area contributed by atoms with Crippen LogP contribution >= 0.6 is 0 Å². The Hall–Kier alpha value is -2.30. The molecular weight excluding hydrogens is 282 g/mol. The van der Waals surface area contributed by atoms with Crippen LogP contribution in [0.15, 0.2) is 36.4 Å². The summed E-state index contributed by atoms with van der Waals surface area (Å²) < 4.78 is 5.06. The van der Waals surface area contributed by atoms with Gasteiger partial charge in [-0.3, -0.25) is 4.79 Å². The molecule has 0 fully saturated rings. The summed E-state index contributed by atoms with van der Waals surface area (Å²) in [4.78, 5) is 22.2. The molecule has 0 bridgehead atoms. The molecule has 1 amide bonds. The van der Waals surface area contributed by atoms with Gasteiger partial charge < -0.3 is 15.2 Å². The van der Waals surface area contributed by atoms with E-state index in [1.54, 1.807) is 12.1 Å². The van der Waals surface area contributed by atoms with Crippen molar-refractivity contribution in [3.63, 3.8) is 0 Å². The van der Waals surface area contributed by atoms with Gasteiger partial charge in [0.1, 0.15) is 5.75 Å². The van der Waals surface area contributed by atoms with Gasteiger partial charge >= 0.3 is 5.97 Å². The number of carboxylic acids is 1. The molecule has 0 radical (unpaired) electrons. The smallest absolute Gasteiger partial charge is 0.341 e. The second-order valence-corrected chi connectivity index (χ2v) is 5.40. The van der Waals surface area contributed by atoms with E-state index in [4.69, 9.17) is 9.84 Å². The van der Waals surface area contributed by atoms with Gasteiger partial charge in [-0.1, -0.05) is 24.3 Å². The van der Waals surface area contributed by atoms with E-state index in [0.717, 1.165) is 24.8 Å². The van der Waals surface area contributed by atoms with Crippen molar-refractivity contribution in [3.8, 4) is 5.75 Å². The maximum Gasteiger partial charge on any atom is 0.341 e. The summed E-state index contributed by atoms with van der Waals surface area (Å²) in [7, 11) is 0. The van der Waals surface area contributed by atoms with Crippen molar-refractivity contribution in [2.75, 3.05) is 13.2 Å². The monoisotopic (exact) mass is 303 g/mol. The van der Waals surface area contributed by atoms with Gasteiger partial charge in [0.15, 0.2) is 6.61 Å².